The minimum absolute atomic E-state index is 0.0438. The Kier molecular flexibility index (Phi) is 7.12. The van der Waals surface area contributed by atoms with Crippen LogP contribution in [0.25, 0.3) is 11.0 Å². The Morgan fingerprint density at radius 2 is 2.14 bits per heavy atom. The van der Waals surface area contributed by atoms with Crippen molar-refractivity contribution in [2.24, 2.45) is 11.8 Å². The first-order valence-electron chi connectivity index (χ1n) is 10.5. The summed E-state index contributed by atoms with van der Waals surface area (Å²) in [6.07, 6.45) is 5.11. The number of para-hydroxylation sites is 1. The summed E-state index contributed by atoms with van der Waals surface area (Å²) in [6, 6.07) is 5.73. The van der Waals surface area contributed by atoms with Gasteiger partial charge in [0.05, 0.1) is 12.6 Å². The molecule has 0 aliphatic carbocycles. The van der Waals surface area contributed by atoms with E-state index in [1.807, 2.05) is 23.1 Å². The van der Waals surface area contributed by atoms with E-state index in [4.69, 9.17) is 9.72 Å². The lowest BCUT2D eigenvalue weighted by molar-refractivity contribution is -0.140. The van der Waals surface area contributed by atoms with Gasteiger partial charge in [-0.2, -0.15) is 0 Å². The van der Waals surface area contributed by atoms with E-state index in [2.05, 4.69) is 11.9 Å². The molecule has 0 saturated carbocycles. The number of benzene rings is 1. The Bertz CT molecular complexity index is 848. The average Bonchev–Trinajstić information content (AvgIpc) is 3.11. The number of methoxy groups -OCH3 is 1. The number of carbonyl (C=O) groups is 2. The number of ether oxygens (including phenoxy) is 1. The molecule has 0 unspecified atom stereocenters. The third-order valence-corrected chi connectivity index (χ3v) is 5.88. The van der Waals surface area contributed by atoms with E-state index in [1.165, 1.54) is 0 Å². The zero-order chi connectivity index (χ0) is 20.8. The molecular formula is C22H31N3O4. The third kappa shape index (κ3) is 5.28. The maximum absolute atomic E-state index is 12.6. The number of unbranched alkanes of at least 4 members (excludes halogenated alkanes) is 2. The molecule has 2 aromatic rings. The van der Waals surface area contributed by atoms with Crippen LogP contribution in [0.3, 0.4) is 0 Å². The summed E-state index contributed by atoms with van der Waals surface area (Å²) < 4.78 is 5.39. The molecule has 2 heterocycles. The van der Waals surface area contributed by atoms with Gasteiger partial charge in [-0.25, -0.2) is 4.98 Å². The van der Waals surface area contributed by atoms with Crippen molar-refractivity contribution < 1.29 is 19.4 Å². The minimum Gasteiger partial charge on any atom is -0.494 e. The van der Waals surface area contributed by atoms with Gasteiger partial charge >= 0.3 is 5.97 Å². The molecule has 0 bridgehead atoms. The first-order chi connectivity index (χ1) is 14.0. The highest BCUT2D eigenvalue weighted by atomic mass is 16.5. The highest BCUT2D eigenvalue weighted by Gasteiger charge is 2.33. The van der Waals surface area contributed by atoms with Gasteiger partial charge < -0.3 is 19.7 Å². The van der Waals surface area contributed by atoms with Crippen molar-refractivity contribution in [3.63, 3.8) is 0 Å². The molecule has 1 saturated heterocycles. The standard InChI is InChI=1S/C22H31N3O4/c1-3-4-5-9-20(26)25-11-10-15(13-21(27)28)16(14-25)12-19-23-17-7-6-8-18(29-2)22(17)24-19/h6-8,15-16H,3-5,9-14H2,1-2H3,(H,23,24)(H,27,28)/t15-,16-/m0/s1. The molecule has 29 heavy (non-hydrogen) atoms. The zero-order valence-corrected chi connectivity index (χ0v) is 17.3. The number of carbonyl (C=O) groups excluding carboxylic acids is 1. The summed E-state index contributed by atoms with van der Waals surface area (Å²) in [5, 5.41) is 9.33. The summed E-state index contributed by atoms with van der Waals surface area (Å²) in [5.41, 5.74) is 1.68. The Hall–Kier alpha value is -2.57. The van der Waals surface area contributed by atoms with Gasteiger partial charge in [0.25, 0.3) is 0 Å². The number of amides is 1. The number of rotatable bonds is 9. The van der Waals surface area contributed by atoms with Crippen molar-refractivity contribution in [3.05, 3.63) is 24.0 Å². The number of hydrogen-bond donors (Lipinski definition) is 2. The highest BCUT2D eigenvalue weighted by Crippen LogP contribution is 2.31. The number of fused-ring (bicyclic) bond motifs is 1. The molecule has 0 radical (unpaired) electrons. The van der Waals surface area contributed by atoms with E-state index in [0.29, 0.717) is 31.7 Å². The van der Waals surface area contributed by atoms with E-state index in [9.17, 15) is 14.7 Å². The highest BCUT2D eigenvalue weighted by molar-refractivity contribution is 5.81. The Labute approximate surface area is 171 Å². The van der Waals surface area contributed by atoms with Crippen molar-refractivity contribution in [1.29, 1.82) is 0 Å². The molecule has 0 spiro atoms. The van der Waals surface area contributed by atoms with Crippen LogP contribution in [0.4, 0.5) is 0 Å². The number of imidazole rings is 1. The fourth-order valence-corrected chi connectivity index (χ4v) is 4.28. The van der Waals surface area contributed by atoms with Gasteiger partial charge in [0.2, 0.25) is 5.91 Å². The number of carboxylic acid groups (broad SMARTS) is 1. The number of nitrogens with zero attached hydrogens (tertiary/aromatic N) is 2. The van der Waals surface area contributed by atoms with Crippen LogP contribution in [0.15, 0.2) is 18.2 Å². The fraction of sp³-hybridized carbons (Fsp3) is 0.591. The van der Waals surface area contributed by atoms with Crippen LogP contribution in [0, 0.1) is 11.8 Å². The largest absolute Gasteiger partial charge is 0.494 e. The van der Waals surface area contributed by atoms with E-state index in [-0.39, 0.29) is 24.2 Å². The molecule has 2 N–H and O–H groups in total. The lowest BCUT2D eigenvalue weighted by Gasteiger charge is -2.38. The summed E-state index contributed by atoms with van der Waals surface area (Å²) in [7, 11) is 1.62. The number of H-pyrrole nitrogens is 1. The lowest BCUT2D eigenvalue weighted by Crippen LogP contribution is -2.45. The van der Waals surface area contributed by atoms with E-state index in [1.54, 1.807) is 7.11 Å². The third-order valence-electron chi connectivity index (χ3n) is 5.88. The Balaban J connectivity index is 1.74. The van der Waals surface area contributed by atoms with Crippen LogP contribution in [-0.4, -0.2) is 52.1 Å². The van der Waals surface area contributed by atoms with Crippen molar-refractivity contribution in [2.45, 2.75) is 51.9 Å². The van der Waals surface area contributed by atoms with Crippen molar-refractivity contribution in [3.8, 4) is 5.75 Å². The second kappa shape index (κ2) is 9.76. The van der Waals surface area contributed by atoms with Gasteiger partial charge in [-0.1, -0.05) is 25.8 Å². The summed E-state index contributed by atoms with van der Waals surface area (Å²) >= 11 is 0. The molecule has 2 atom stereocenters. The van der Waals surface area contributed by atoms with Gasteiger partial charge in [0.15, 0.2) is 0 Å². The van der Waals surface area contributed by atoms with Crippen LogP contribution >= 0.6 is 0 Å². The van der Waals surface area contributed by atoms with Gasteiger partial charge in [0, 0.05) is 32.4 Å². The molecule has 1 fully saturated rings. The summed E-state index contributed by atoms with van der Waals surface area (Å²) in [6.45, 7) is 3.37. The average molecular weight is 402 g/mol. The lowest BCUT2D eigenvalue weighted by atomic mass is 9.81. The smallest absolute Gasteiger partial charge is 0.303 e. The number of carboxylic acids is 1. The van der Waals surface area contributed by atoms with Gasteiger partial charge in [-0.3, -0.25) is 9.59 Å². The molecule has 1 aromatic heterocycles. The molecule has 3 rings (SSSR count). The summed E-state index contributed by atoms with van der Waals surface area (Å²) in [5.74, 6) is 1.04. The second-order valence-corrected chi connectivity index (χ2v) is 7.95. The monoisotopic (exact) mass is 401 g/mol. The number of hydrogen-bond acceptors (Lipinski definition) is 4. The molecule has 7 nitrogen and oxygen atoms in total. The minimum atomic E-state index is -0.783. The molecule has 1 amide bonds. The van der Waals surface area contributed by atoms with Crippen LogP contribution in [0.2, 0.25) is 0 Å². The van der Waals surface area contributed by atoms with Crippen LogP contribution in [-0.2, 0) is 16.0 Å². The van der Waals surface area contributed by atoms with Gasteiger partial charge in [0.1, 0.15) is 17.1 Å². The second-order valence-electron chi connectivity index (χ2n) is 7.95. The van der Waals surface area contributed by atoms with Crippen molar-refractivity contribution in [1.82, 2.24) is 14.9 Å². The maximum Gasteiger partial charge on any atom is 0.303 e. The van der Waals surface area contributed by atoms with Crippen LogP contribution in [0.1, 0.15) is 51.3 Å². The number of likely N-dealkylation sites (tertiary alicyclic amines) is 1. The number of aromatic nitrogens is 2. The Morgan fingerprint density at radius 3 is 2.86 bits per heavy atom. The fourth-order valence-electron chi connectivity index (χ4n) is 4.28. The number of aromatic amines is 1. The topological polar surface area (TPSA) is 95.5 Å². The van der Waals surface area contributed by atoms with Gasteiger partial charge in [-0.15, -0.1) is 0 Å². The van der Waals surface area contributed by atoms with Crippen LogP contribution < -0.4 is 4.74 Å². The number of piperidine rings is 1. The molecule has 1 aliphatic rings. The first-order valence-corrected chi connectivity index (χ1v) is 10.5. The van der Waals surface area contributed by atoms with E-state index >= 15 is 0 Å². The molecule has 1 aromatic carbocycles. The normalized spacial score (nSPS) is 19.4. The molecule has 158 valence electrons. The van der Waals surface area contributed by atoms with E-state index in [0.717, 1.165) is 42.5 Å². The van der Waals surface area contributed by atoms with E-state index < -0.39 is 5.97 Å². The Morgan fingerprint density at radius 1 is 1.31 bits per heavy atom. The molecule has 1 aliphatic heterocycles. The SMILES string of the molecule is CCCCCC(=O)N1CC[C@@H](CC(=O)O)[C@@H](Cc2nc3c(OC)cccc3[nH]2)C1. The van der Waals surface area contributed by atoms with Crippen LogP contribution in [0.5, 0.6) is 5.75 Å². The van der Waals surface area contributed by atoms with Crippen molar-refractivity contribution >= 4 is 22.9 Å². The summed E-state index contributed by atoms with van der Waals surface area (Å²) in [4.78, 5) is 33.9. The predicted octanol–water partition coefficient (Wildman–Crippen LogP) is 3.63. The quantitative estimate of drug-likeness (QED) is 0.626. The first kappa shape index (κ1) is 21.1. The van der Waals surface area contributed by atoms with Crippen molar-refractivity contribution in [2.75, 3.05) is 20.2 Å². The van der Waals surface area contributed by atoms with Gasteiger partial charge in [-0.05, 0) is 36.8 Å². The molecule has 7 heteroatoms. The number of nitrogens with one attached hydrogen (secondary N) is 1. The molecular weight excluding hydrogens is 370 g/mol. The number of aliphatic carboxylic acids is 1. The maximum atomic E-state index is 12.6. The zero-order valence-electron chi connectivity index (χ0n) is 17.3. The predicted molar refractivity (Wildman–Crippen MR) is 111 cm³/mol.